The second kappa shape index (κ2) is 3.70. The Morgan fingerprint density at radius 1 is 1.13 bits per heavy atom. The van der Waals surface area contributed by atoms with E-state index in [4.69, 9.17) is 18.9 Å². The molecule has 0 unspecified atom stereocenters. The number of methoxy groups -OCH3 is 1. The lowest BCUT2D eigenvalue weighted by Gasteiger charge is -2.25. The van der Waals surface area contributed by atoms with Gasteiger partial charge in [-0.05, 0) is 19.8 Å². The average Bonchev–Trinajstić information content (AvgIpc) is 2.57. The molecular weight excluding hydrogens is 196 g/mol. The maximum Gasteiger partial charge on any atom is 0.186 e. The van der Waals surface area contributed by atoms with Crippen LogP contribution in [0.4, 0.5) is 0 Å². The van der Waals surface area contributed by atoms with E-state index in [0.717, 1.165) is 0 Å². The normalized spacial score (nSPS) is 43.6. The largest absolute Gasteiger partial charge is 0.353 e. The first-order chi connectivity index (χ1) is 6.94. The third kappa shape index (κ3) is 1.91. The van der Waals surface area contributed by atoms with Gasteiger partial charge in [0.05, 0.1) is 6.10 Å². The summed E-state index contributed by atoms with van der Waals surface area (Å²) in [6.45, 7) is 8.09. The van der Waals surface area contributed by atoms with Gasteiger partial charge in [-0.2, -0.15) is 0 Å². The lowest BCUT2D eigenvalue weighted by Crippen LogP contribution is -2.33. The maximum absolute atomic E-state index is 5.85. The van der Waals surface area contributed by atoms with Crippen molar-refractivity contribution in [2.75, 3.05) is 7.11 Å². The van der Waals surface area contributed by atoms with Crippen LogP contribution in [0, 0.1) is 5.92 Å². The molecule has 4 nitrogen and oxygen atoms in total. The van der Waals surface area contributed by atoms with E-state index >= 15 is 0 Å². The molecule has 0 aromatic heterocycles. The Bertz CT molecular complexity index is 239. The fourth-order valence-corrected chi connectivity index (χ4v) is 2.32. The molecule has 2 fully saturated rings. The van der Waals surface area contributed by atoms with Gasteiger partial charge in [-0.3, -0.25) is 0 Å². The molecule has 0 bridgehead atoms. The zero-order valence-corrected chi connectivity index (χ0v) is 10.0. The molecule has 0 radical (unpaired) electrons. The summed E-state index contributed by atoms with van der Waals surface area (Å²) >= 11 is 0. The first-order valence-electron chi connectivity index (χ1n) is 5.48. The molecule has 15 heavy (non-hydrogen) atoms. The molecule has 88 valence electrons. The summed E-state index contributed by atoms with van der Waals surface area (Å²) in [5.74, 6) is -0.126. The minimum Gasteiger partial charge on any atom is -0.353 e. The van der Waals surface area contributed by atoms with Crippen LogP contribution in [0.3, 0.4) is 0 Å². The summed E-state index contributed by atoms with van der Waals surface area (Å²) in [6, 6.07) is 0. The molecule has 2 saturated heterocycles. The molecule has 2 aliphatic heterocycles. The topological polar surface area (TPSA) is 36.9 Å². The second-order valence-corrected chi connectivity index (χ2v) is 5.01. The molecule has 4 atom stereocenters. The van der Waals surface area contributed by atoms with Crippen molar-refractivity contribution in [2.24, 2.45) is 5.92 Å². The second-order valence-electron chi connectivity index (χ2n) is 5.01. The molecular formula is C11H20O4. The summed E-state index contributed by atoms with van der Waals surface area (Å²) in [5.41, 5.74) is 0. The average molecular weight is 216 g/mol. The van der Waals surface area contributed by atoms with Crippen molar-refractivity contribution in [1.82, 2.24) is 0 Å². The van der Waals surface area contributed by atoms with E-state index in [9.17, 15) is 0 Å². The monoisotopic (exact) mass is 216 g/mol. The summed E-state index contributed by atoms with van der Waals surface area (Å²) in [7, 11) is 1.64. The summed E-state index contributed by atoms with van der Waals surface area (Å²) in [5, 5.41) is 0. The van der Waals surface area contributed by atoms with E-state index in [2.05, 4.69) is 13.8 Å². The van der Waals surface area contributed by atoms with Crippen LogP contribution in [0.2, 0.25) is 0 Å². The van der Waals surface area contributed by atoms with Crippen LogP contribution in [-0.4, -0.2) is 37.5 Å². The van der Waals surface area contributed by atoms with Crippen LogP contribution >= 0.6 is 0 Å². The molecule has 4 heteroatoms. The van der Waals surface area contributed by atoms with Gasteiger partial charge in [-0.1, -0.05) is 13.8 Å². The van der Waals surface area contributed by atoms with Crippen LogP contribution < -0.4 is 0 Å². The van der Waals surface area contributed by atoms with Crippen molar-refractivity contribution in [3.8, 4) is 0 Å². The molecule has 0 aromatic rings. The number of hydrogen-bond donors (Lipinski definition) is 0. The Hall–Kier alpha value is -0.160. The van der Waals surface area contributed by atoms with Gasteiger partial charge in [0.15, 0.2) is 12.1 Å². The van der Waals surface area contributed by atoms with Crippen LogP contribution in [0.25, 0.3) is 0 Å². The van der Waals surface area contributed by atoms with Crippen molar-refractivity contribution in [3.05, 3.63) is 0 Å². The van der Waals surface area contributed by atoms with Crippen LogP contribution in [0.15, 0.2) is 0 Å². The molecule has 0 spiro atoms. The van der Waals surface area contributed by atoms with Crippen LogP contribution in [0.1, 0.15) is 27.7 Å². The van der Waals surface area contributed by atoms with Gasteiger partial charge in [0.25, 0.3) is 0 Å². The van der Waals surface area contributed by atoms with Crippen molar-refractivity contribution >= 4 is 0 Å². The van der Waals surface area contributed by atoms with Crippen molar-refractivity contribution in [1.29, 1.82) is 0 Å². The maximum atomic E-state index is 5.85. The number of hydrogen-bond acceptors (Lipinski definition) is 4. The highest BCUT2D eigenvalue weighted by Crippen LogP contribution is 2.40. The van der Waals surface area contributed by atoms with Gasteiger partial charge in [0.1, 0.15) is 12.2 Å². The molecule has 0 aromatic carbocycles. The predicted octanol–water partition coefficient (Wildman–Crippen LogP) is 1.53. The zero-order chi connectivity index (χ0) is 11.2. The third-order valence-electron chi connectivity index (χ3n) is 2.94. The molecule has 2 rings (SSSR count). The van der Waals surface area contributed by atoms with Gasteiger partial charge in [0.2, 0.25) is 0 Å². The quantitative estimate of drug-likeness (QED) is 0.701. The fraction of sp³-hybridized carbons (Fsp3) is 1.00. The lowest BCUT2D eigenvalue weighted by molar-refractivity contribution is -0.231. The Balaban J connectivity index is 2.15. The molecule has 2 aliphatic rings. The van der Waals surface area contributed by atoms with E-state index in [0.29, 0.717) is 5.92 Å². The summed E-state index contributed by atoms with van der Waals surface area (Å²) < 4.78 is 22.7. The number of fused-ring (bicyclic) bond motifs is 1. The van der Waals surface area contributed by atoms with E-state index in [-0.39, 0.29) is 24.6 Å². The highest BCUT2D eigenvalue weighted by molar-refractivity contribution is 4.95. The fourth-order valence-electron chi connectivity index (χ4n) is 2.32. The SMILES string of the molecule is CO[C@@H]1O[C@H](C(C)C)[C@H]2OC(C)(C)O[C@@H]12. The van der Waals surface area contributed by atoms with E-state index in [1.54, 1.807) is 7.11 Å². The molecule has 0 saturated carbocycles. The minimum absolute atomic E-state index is 0.00931. The molecule has 0 amide bonds. The van der Waals surface area contributed by atoms with Gasteiger partial charge in [0, 0.05) is 7.11 Å². The Morgan fingerprint density at radius 3 is 2.27 bits per heavy atom. The standard InChI is InChI=1S/C11H20O4/c1-6(2)7-8-9(10(12-5)13-7)15-11(3,4)14-8/h6-10H,1-5H3/t7-,8-,9-,10-/m1/s1. The first-order valence-corrected chi connectivity index (χ1v) is 5.48. The number of ether oxygens (including phenoxy) is 4. The lowest BCUT2D eigenvalue weighted by atomic mass is 10.0. The molecule has 0 aliphatic carbocycles. The van der Waals surface area contributed by atoms with Crippen molar-refractivity contribution in [2.45, 2.75) is 58.1 Å². The number of rotatable bonds is 2. The zero-order valence-electron chi connectivity index (χ0n) is 10.0. The Kier molecular flexibility index (Phi) is 2.79. The third-order valence-corrected chi connectivity index (χ3v) is 2.94. The van der Waals surface area contributed by atoms with Crippen molar-refractivity contribution in [3.63, 3.8) is 0 Å². The summed E-state index contributed by atoms with van der Waals surface area (Å²) in [6.07, 6.45) is -0.353. The minimum atomic E-state index is -0.525. The Morgan fingerprint density at radius 2 is 1.73 bits per heavy atom. The highest BCUT2D eigenvalue weighted by Gasteiger charge is 2.56. The van der Waals surface area contributed by atoms with Gasteiger partial charge >= 0.3 is 0 Å². The molecule has 2 heterocycles. The smallest absolute Gasteiger partial charge is 0.186 e. The van der Waals surface area contributed by atoms with Gasteiger partial charge in [-0.25, -0.2) is 0 Å². The van der Waals surface area contributed by atoms with Crippen molar-refractivity contribution < 1.29 is 18.9 Å². The summed E-state index contributed by atoms with van der Waals surface area (Å²) in [4.78, 5) is 0. The van der Waals surface area contributed by atoms with E-state index in [1.807, 2.05) is 13.8 Å². The molecule has 0 N–H and O–H groups in total. The van der Waals surface area contributed by atoms with E-state index in [1.165, 1.54) is 0 Å². The van der Waals surface area contributed by atoms with Crippen LogP contribution in [0.5, 0.6) is 0 Å². The first kappa shape index (κ1) is 11.3. The van der Waals surface area contributed by atoms with Gasteiger partial charge < -0.3 is 18.9 Å². The van der Waals surface area contributed by atoms with Crippen LogP contribution in [-0.2, 0) is 18.9 Å². The van der Waals surface area contributed by atoms with Gasteiger partial charge in [-0.15, -0.1) is 0 Å². The highest BCUT2D eigenvalue weighted by atomic mass is 16.8. The predicted molar refractivity (Wildman–Crippen MR) is 54.3 cm³/mol. The van der Waals surface area contributed by atoms with E-state index < -0.39 is 5.79 Å². The Labute approximate surface area is 90.8 Å².